The number of nitrogens with two attached hydrogens (primary N) is 2. The highest BCUT2D eigenvalue weighted by molar-refractivity contribution is 6.21. The minimum absolute atomic E-state index is 0.0841. The molecule has 288 valence electrons. The second-order valence-corrected chi connectivity index (χ2v) is 15.7. The van der Waals surface area contributed by atoms with Crippen LogP contribution in [0.2, 0.25) is 0 Å². The van der Waals surface area contributed by atoms with Crippen LogP contribution in [-0.4, -0.2) is 15.0 Å². The molecule has 0 aliphatic heterocycles. The van der Waals surface area contributed by atoms with Gasteiger partial charge in [0, 0.05) is 62.9 Å². The van der Waals surface area contributed by atoms with E-state index < -0.39 is 0 Å². The second kappa shape index (κ2) is 15.3. The van der Waals surface area contributed by atoms with Crippen molar-refractivity contribution in [3.05, 3.63) is 210 Å². The Morgan fingerprint density at radius 3 is 1.80 bits per heavy atom. The molecule has 11 rings (SSSR count). The van der Waals surface area contributed by atoms with Crippen molar-refractivity contribution in [2.45, 2.75) is 25.8 Å². The molecule has 2 aromatic heterocycles. The average molecular weight is 766 g/mol. The Kier molecular flexibility index (Phi) is 9.68. The van der Waals surface area contributed by atoms with Gasteiger partial charge in [-0.1, -0.05) is 159 Å². The number of aryl methyl sites for hydroxylation is 1. The highest BCUT2D eigenvalue weighted by Gasteiger charge is 2.38. The van der Waals surface area contributed by atoms with Crippen molar-refractivity contribution in [3.63, 3.8) is 0 Å². The monoisotopic (exact) mass is 765 g/mol. The maximum Gasteiger partial charge on any atom is 0.122 e. The van der Waals surface area contributed by atoms with Crippen molar-refractivity contribution in [2.24, 2.45) is 18.5 Å². The molecule has 0 bridgehead atoms. The molecule has 2 heterocycles. The van der Waals surface area contributed by atoms with Crippen LogP contribution in [0.3, 0.4) is 0 Å². The summed E-state index contributed by atoms with van der Waals surface area (Å²) in [5.74, 6) is 0.121. The van der Waals surface area contributed by atoms with Crippen LogP contribution in [0.1, 0.15) is 36.1 Å². The molecule has 0 saturated carbocycles. The number of aromatic nitrogens is 2. The van der Waals surface area contributed by atoms with Gasteiger partial charge in [-0.05, 0) is 75.8 Å². The zero-order valence-electron chi connectivity index (χ0n) is 33.7. The van der Waals surface area contributed by atoms with Crippen molar-refractivity contribution >= 4 is 49.4 Å². The number of nitrogen functional groups attached to an aromatic ring is 1. The SMILES string of the molecule is Cn1c2ccccc2c2c3c(cc(-c4ccc5c(c4)c4ccccc4n5-c4ccccc4)c21)C(C)(C)c1ccccc1-3.N=C(N)c1ccccc1.NCc1ccccc1. The fourth-order valence-electron chi connectivity index (χ4n) is 8.99. The molecule has 0 saturated heterocycles. The molecule has 0 radical (unpaired) electrons. The van der Waals surface area contributed by atoms with E-state index in [9.17, 15) is 0 Å². The topological polar surface area (TPSA) is 85.8 Å². The zero-order chi connectivity index (χ0) is 40.7. The molecule has 5 heteroatoms. The normalized spacial score (nSPS) is 12.4. The molecule has 59 heavy (non-hydrogen) atoms. The van der Waals surface area contributed by atoms with E-state index in [0.717, 1.165) is 5.56 Å². The molecular formula is C54H47N5. The van der Waals surface area contributed by atoms with Crippen LogP contribution in [0.5, 0.6) is 0 Å². The summed E-state index contributed by atoms with van der Waals surface area (Å²) in [5.41, 5.74) is 26.8. The van der Waals surface area contributed by atoms with Crippen LogP contribution in [0, 0.1) is 5.41 Å². The molecular weight excluding hydrogens is 719 g/mol. The number of hydrogen-bond acceptors (Lipinski definition) is 2. The fraction of sp³-hybridized carbons (Fsp3) is 0.0926. The third-order valence-electron chi connectivity index (χ3n) is 11.9. The standard InChI is InChI=1S/C40H30N2.C7H8N2.C7H9N/c1-40(2)32-18-10-7-16-28(32)37-33(40)24-30(39-38(37)29-17-9-11-19-34(29)41(39)3)25-21-22-36-31(23-25)27-15-8-12-20-35(27)42(36)26-13-5-4-6-14-26;8-7(9)6-4-2-1-3-5-6;8-6-7-4-2-1-3-5-7/h4-24H,1-3H3;1-5H,(H3,8,9);1-5H,6,8H2. The molecule has 0 fully saturated rings. The first-order valence-electron chi connectivity index (χ1n) is 20.1. The van der Waals surface area contributed by atoms with E-state index in [0.29, 0.717) is 6.54 Å². The highest BCUT2D eigenvalue weighted by atomic mass is 15.0. The van der Waals surface area contributed by atoms with Gasteiger partial charge in [-0.15, -0.1) is 0 Å². The summed E-state index contributed by atoms with van der Waals surface area (Å²) in [6.07, 6.45) is 0. The van der Waals surface area contributed by atoms with E-state index in [-0.39, 0.29) is 11.3 Å². The highest BCUT2D eigenvalue weighted by Crippen LogP contribution is 2.55. The molecule has 1 aliphatic rings. The van der Waals surface area contributed by atoms with E-state index in [4.69, 9.17) is 16.9 Å². The number of amidine groups is 1. The van der Waals surface area contributed by atoms with Crippen molar-refractivity contribution in [3.8, 4) is 27.9 Å². The summed E-state index contributed by atoms with van der Waals surface area (Å²) in [6, 6.07) is 66.2. The molecule has 10 aromatic rings. The number of nitrogens with one attached hydrogen (secondary N) is 1. The number of benzene rings is 8. The van der Waals surface area contributed by atoms with Crippen LogP contribution in [0.4, 0.5) is 0 Å². The Hall–Kier alpha value is -7.21. The number of nitrogens with zero attached hydrogens (tertiary/aromatic N) is 2. The fourth-order valence-corrected chi connectivity index (χ4v) is 8.99. The average Bonchev–Trinajstić information content (AvgIpc) is 3.87. The molecule has 0 atom stereocenters. The Morgan fingerprint density at radius 1 is 0.559 bits per heavy atom. The van der Waals surface area contributed by atoms with E-state index in [1.165, 1.54) is 88.2 Å². The van der Waals surface area contributed by atoms with Gasteiger partial charge in [0.1, 0.15) is 5.84 Å². The molecule has 8 aromatic carbocycles. The van der Waals surface area contributed by atoms with E-state index in [1.54, 1.807) is 0 Å². The van der Waals surface area contributed by atoms with Gasteiger partial charge in [0.15, 0.2) is 0 Å². The number of para-hydroxylation sites is 3. The lowest BCUT2D eigenvalue weighted by Gasteiger charge is -2.22. The van der Waals surface area contributed by atoms with Gasteiger partial charge < -0.3 is 20.6 Å². The zero-order valence-corrected chi connectivity index (χ0v) is 33.7. The number of rotatable bonds is 4. The van der Waals surface area contributed by atoms with Gasteiger partial charge in [0.2, 0.25) is 0 Å². The van der Waals surface area contributed by atoms with Gasteiger partial charge >= 0.3 is 0 Å². The first-order chi connectivity index (χ1) is 28.8. The lowest BCUT2D eigenvalue weighted by Crippen LogP contribution is -2.15. The van der Waals surface area contributed by atoms with Crippen LogP contribution in [0.25, 0.3) is 71.6 Å². The summed E-state index contributed by atoms with van der Waals surface area (Å²) < 4.78 is 4.80. The Morgan fingerprint density at radius 2 is 1.14 bits per heavy atom. The first kappa shape index (κ1) is 37.4. The van der Waals surface area contributed by atoms with Crippen LogP contribution in [-0.2, 0) is 19.0 Å². The van der Waals surface area contributed by atoms with Gasteiger partial charge in [0.05, 0.1) is 16.6 Å². The van der Waals surface area contributed by atoms with Crippen molar-refractivity contribution < 1.29 is 0 Å². The number of hydrogen-bond donors (Lipinski definition) is 3. The molecule has 5 N–H and O–H groups in total. The maximum absolute atomic E-state index is 7.01. The summed E-state index contributed by atoms with van der Waals surface area (Å²) >= 11 is 0. The van der Waals surface area contributed by atoms with Gasteiger partial charge in [-0.2, -0.15) is 0 Å². The minimum Gasteiger partial charge on any atom is -0.384 e. The van der Waals surface area contributed by atoms with Crippen LogP contribution < -0.4 is 11.5 Å². The molecule has 0 spiro atoms. The summed E-state index contributed by atoms with van der Waals surface area (Å²) in [5, 5.41) is 12.3. The summed E-state index contributed by atoms with van der Waals surface area (Å²) in [6.45, 7) is 5.41. The second-order valence-electron chi connectivity index (χ2n) is 15.7. The Labute approximate surface area is 345 Å². The van der Waals surface area contributed by atoms with E-state index in [1.807, 2.05) is 60.7 Å². The summed E-state index contributed by atoms with van der Waals surface area (Å²) in [7, 11) is 2.23. The molecule has 0 unspecified atom stereocenters. The van der Waals surface area contributed by atoms with Crippen LogP contribution >= 0.6 is 0 Å². The van der Waals surface area contributed by atoms with Gasteiger partial charge in [0.25, 0.3) is 0 Å². The van der Waals surface area contributed by atoms with Crippen molar-refractivity contribution in [1.29, 1.82) is 5.41 Å². The smallest absolute Gasteiger partial charge is 0.122 e. The lowest BCUT2D eigenvalue weighted by atomic mass is 9.81. The molecule has 1 aliphatic carbocycles. The first-order valence-corrected chi connectivity index (χ1v) is 20.1. The van der Waals surface area contributed by atoms with Crippen molar-refractivity contribution in [1.82, 2.24) is 9.13 Å². The Balaban J connectivity index is 0.000000220. The minimum atomic E-state index is -0.0841. The summed E-state index contributed by atoms with van der Waals surface area (Å²) in [4.78, 5) is 0. The van der Waals surface area contributed by atoms with Crippen molar-refractivity contribution in [2.75, 3.05) is 0 Å². The molecule has 0 amide bonds. The Bertz CT molecular complexity index is 3140. The van der Waals surface area contributed by atoms with Gasteiger partial charge in [-0.25, -0.2) is 0 Å². The lowest BCUT2D eigenvalue weighted by molar-refractivity contribution is 0.661. The van der Waals surface area contributed by atoms with Gasteiger partial charge in [-0.3, -0.25) is 5.41 Å². The maximum atomic E-state index is 7.01. The molecule has 5 nitrogen and oxygen atoms in total. The third-order valence-corrected chi connectivity index (χ3v) is 11.9. The number of fused-ring (bicyclic) bond motifs is 10. The van der Waals surface area contributed by atoms with E-state index in [2.05, 4.69) is 157 Å². The van der Waals surface area contributed by atoms with Crippen LogP contribution in [0.15, 0.2) is 188 Å². The largest absolute Gasteiger partial charge is 0.384 e. The predicted octanol–water partition coefficient (Wildman–Crippen LogP) is 12.5. The predicted molar refractivity (Wildman–Crippen MR) is 250 cm³/mol. The van der Waals surface area contributed by atoms with E-state index >= 15 is 0 Å². The quantitative estimate of drug-likeness (QED) is 0.123. The third kappa shape index (κ3) is 6.46.